The SMILES string of the molecule is CCNC(C)CCc1ccc2c(c1)OCCO2. The van der Waals surface area contributed by atoms with Crippen molar-refractivity contribution in [3.8, 4) is 11.5 Å². The summed E-state index contributed by atoms with van der Waals surface area (Å²) < 4.78 is 11.1. The molecule has 0 radical (unpaired) electrons. The highest BCUT2D eigenvalue weighted by Gasteiger charge is 2.11. The van der Waals surface area contributed by atoms with Gasteiger partial charge in [-0.3, -0.25) is 0 Å². The molecule has 3 heteroatoms. The monoisotopic (exact) mass is 235 g/mol. The Morgan fingerprint density at radius 1 is 1.24 bits per heavy atom. The third kappa shape index (κ3) is 3.37. The molecule has 3 nitrogen and oxygen atoms in total. The molecule has 1 unspecified atom stereocenters. The predicted octanol–water partition coefficient (Wildman–Crippen LogP) is 2.39. The van der Waals surface area contributed by atoms with E-state index in [0.29, 0.717) is 19.3 Å². The number of benzene rings is 1. The zero-order chi connectivity index (χ0) is 12.1. The summed E-state index contributed by atoms with van der Waals surface area (Å²) >= 11 is 0. The van der Waals surface area contributed by atoms with Crippen molar-refractivity contribution in [2.75, 3.05) is 19.8 Å². The Bertz CT molecular complexity index is 365. The van der Waals surface area contributed by atoms with Crippen LogP contribution in [-0.4, -0.2) is 25.8 Å². The average molecular weight is 235 g/mol. The van der Waals surface area contributed by atoms with Crippen LogP contribution in [0, 0.1) is 0 Å². The molecule has 0 aromatic heterocycles. The van der Waals surface area contributed by atoms with Crippen molar-refractivity contribution in [1.82, 2.24) is 5.32 Å². The van der Waals surface area contributed by atoms with E-state index >= 15 is 0 Å². The molecule has 0 saturated carbocycles. The van der Waals surface area contributed by atoms with Gasteiger partial charge in [0.1, 0.15) is 13.2 Å². The van der Waals surface area contributed by atoms with Gasteiger partial charge in [0.15, 0.2) is 11.5 Å². The number of ether oxygens (including phenoxy) is 2. The first-order chi connectivity index (χ1) is 8.29. The Morgan fingerprint density at radius 2 is 2.00 bits per heavy atom. The molecule has 17 heavy (non-hydrogen) atoms. The zero-order valence-corrected chi connectivity index (χ0v) is 10.7. The topological polar surface area (TPSA) is 30.5 Å². The first-order valence-corrected chi connectivity index (χ1v) is 6.41. The molecule has 0 saturated heterocycles. The van der Waals surface area contributed by atoms with Crippen molar-refractivity contribution in [3.63, 3.8) is 0 Å². The molecule has 0 fully saturated rings. The fourth-order valence-corrected chi connectivity index (χ4v) is 2.08. The maximum atomic E-state index is 5.58. The van der Waals surface area contributed by atoms with Crippen LogP contribution in [0.15, 0.2) is 18.2 Å². The molecule has 1 N–H and O–H groups in total. The predicted molar refractivity (Wildman–Crippen MR) is 68.9 cm³/mol. The van der Waals surface area contributed by atoms with E-state index in [-0.39, 0.29) is 0 Å². The van der Waals surface area contributed by atoms with Crippen molar-refractivity contribution >= 4 is 0 Å². The molecule has 0 spiro atoms. The van der Waals surface area contributed by atoms with E-state index in [1.165, 1.54) is 5.56 Å². The first-order valence-electron chi connectivity index (χ1n) is 6.41. The summed E-state index contributed by atoms with van der Waals surface area (Å²) in [5, 5.41) is 3.42. The van der Waals surface area contributed by atoms with Crippen LogP contribution in [0.1, 0.15) is 25.8 Å². The van der Waals surface area contributed by atoms with Crippen LogP contribution >= 0.6 is 0 Å². The maximum Gasteiger partial charge on any atom is 0.161 e. The van der Waals surface area contributed by atoms with E-state index < -0.39 is 0 Å². The third-order valence-corrected chi connectivity index (χ3v) is 3.03. The van der Waals surface area contributed by atoms with E-state index in [9.17, 15) is 0 Å². The molecule has 0 bridgehead atoms. The molecule has 1 heterocycles. The molecule has 94 valence electrons. The number of fused-ring (bicyclic) bond motifs is 1. The molecule has 1 aromatic rings. The van der Waals surface area contributed by atoms with Crippen LogP contribution in [-0.2, 0) is 6.42 Å². The van der Waals surface area contributed by atoms with Gasteiger partial charge in [0.2, 0.25) is 0 Å². The van der Waals surface area contributed by atoms with Crippen LogP contribution < -0.4 is 14.8 Å². The Morgan fingerprint density at radius 3 is 2.76 bits per heavy atom. The lowest BCUT2D eigenvalue weighted by molar-refractivity contribution is 0.171. The van der Waals surface area contributed by atoms with Gasteiger partial charge in [0.25, 0.3) is 0 Å². The molecule has 0 amide bonds. The van der Waals surface area contributed by atoms with Gasteiger partial charge in [-0.2, -0.15) is 0 Å². The number of aryl methyl sites for hydroxylation is 1. The number of nitrogens with one attached hydrogen (secondary N) is 1. The molecule has 1 aliphatic heterocycles. The van der Waals surface area contributed by atoms with Gasteiger partial charge in [-0.25, -0.2) is 0 Å². The fourth-order valence-electron chi connectivity index (χ4n) is 2.08. The van der Waals surface area contributed by atoms with Gasteiger partial charge in [-0.1, -0.05) is 13.0 Å². The van der Waals surface area contributed by atoms with Gasteiger partial charge in [-0.15, -0.1) is 0 Å². The average Bonchev–Trinajstić information content (AvgIpc) is 2.36. The van der Waals surface area contributed by atoms with Gasteiger partial charge < -0.3 is 14.8 Å². The number of hydrogen-bond acceptors (Lipinski definition) is 3. The van der Waals surface area contributed by atoms with Crippen LogP contribution in [0.3, 0.4) is 0 Å². The molecular formula is C14H21NO2. The standard InChI is InChI=1S/C14H21NO2/c1-3-15-11(2)4-5-12-6-7-13-14(10-12)17-9-8-16-13/h6-7,10-11,15H,3-5,8-9H2,1-2H3. The molecule has 0 aliphatic carbocycles. The summed E-state index contributed by atoms with van der Waals surface area (Å²) in [7, 11) is 0. The van der Waals surface area contributed by atoms with E-state index in [1.54, 1.807) is 0 Å². The van der Waals surface area contributed by atoms with Gasteiger partial charge in [0.05, 0.1) is 0 Å². The number of rotatable bonds is 5. The highest BCUT2D eigenvalue weighted by atomic mass is 16.6. The van der Waals surface area contributed by atoms with Crippen molar-refractivity contribution in [2.24, 2.45) is 0 Å². The highest BCUT2D eigenvalue weighted by molar-refractivity contribution is 5.43. The summed E-state index contributed by atoms with van der Waals surface area (Å²) in [6.07, 6.45) is 2.22. The summed E-state index contributed by atoms with van der Waals surface area (Å²) in [4.78, 5) is 0. The Hall–Kier alpha value is -1.22. The molecule has 1 aromatic carbocycles. The lowest BCUT2D eigenvalue weighted by atomic mass is 10.1. The van der Waals surface area contributed by atoms with Crippen molar-refractivity contribution in [1.29, 1.82) is 0 Å². The van der Waals surface area contributed by atoms with E-state index in [2.05, 4.69) is 31.3 Å². The third-order valence-electron chi connectivity index (χ3n) is 3.03. The molecule has 1 atom stereocenters. The first kappa shape index (κ1) is 12.2. The van der Waals surface area contributed by atoms with E-state index in [1.807, 2.05) is 6.07 Å². The smallest absolute Gasteiger partial charge is 0.161 e. The Balaban J connectivity index is 1.93. The summed E-state index contributed by atoms with van der Waals surface area (Å²) in [6.45, 7) is 6.71. The fraction of sp³-hybridized carbons (Fsp3) is 0.571. The zero-order valence-electron chi connectivity index (χ0n) is 10.7. The second-order valence-corrected chi connectivity index (χ2v) is 4.48. The minimum atomic E-state index is 0.563. The van der Waals surface area contributed by atoms with Crippen LogP contribution in [0.2, 0.25) is 0 Å². The van der Waals surface area contributed by atoms with E-state index in [0.717, 1.165) is 30.9 Å². The minimum absolute atomic E-state index is 0.563. The second kappa shape index (κ2) is 5.92. The molecule has 2 rings (SSSR count). The van der Waals surface area contributed by atoms with Crippen molar-refractivity contribution in [2.45, 2.75) is 32.7 Å². The second-order valence-electron chi connectivity index (χ2n) is 4.48. The minimum Gasteiger partial charge on any atom is -0.486 e. The van der Waals surface area contributed by atoms with Gasteiger partial charge in [-0.05, 0) is 44.0 Å². The van der Waals surface area contributed by atoms with Crippen molar-refractivity contribution < 1.29 is 9.47 Å². The largest absolute Gasteiger partial charge is 0.486 e. The summed E-state index contributed by atoms with van der Waals surface area (Å²) in [5.74, 6) is 1.77. The van der Waals surface area contributed by atoms with Crippen LogP contribution in [0.4, 0.5) is 0 Å². The Labute approximate surface area is 103 Å². The lowest BCUT2D eigenvalue weighted by Gasteiger charge is -2.19. The van der Waals surface area contributed by atoms with Crippen molar-refractivity contribution in [3.05, 3.63) is 23.8 Å². The van der Waals surface area contributed by atoms with Crippen LogP contribution in [0.5, 0.6) is 11.5 Å². The summed E-state index contributed by atoms with van der Waals surface area (Å²) in [5.41, 5.74) is 1.32. The van der Waals surface area contributed by atoms with Gasteiger partial charge >= 0.3 is 0 Å². The highest BCUT2D eigenvalue weighted by Crippen LogP contribution is 2.31. The normalized spacial score (nSPS) is 15.6. The summed E-state index contributed by atoms with van der Waals surface area (Å²) in [6, 6.07) is 6.81. The quantitative estimate of drug-likeness (QED) is 0.850. The lowest BCUT2D eigenvalue weighted by Crippen LogP contribution is -2.25. The van der Waals surface area contributed by atoms with E-state index in [4.69, 9.17) is 9.47 Å². The number of hydrogen-bond donors (Lipinski definition) is 1. The Kier molecular flexibility index (Phi) is 4.26. The molecular weight excluding hydrogens is 214 g/mol. The molecule has 1 aliphatic rings. The van der Waals surface area contributed by atoms with Gasteiger partial charge in [0, 0.05) is 6.04 Å². The maximum absolute atomic E-state index is 5.58. The van der Waals surface area contributed by atoms with Crippen LogP contribution in [0.25, 0.3) is 0 Å².